The Morgan fingerprint density at radius 3 is 1.98 bits per heavy atom. The number of nitrogens with two attached hydrogens (primary N) is 1. The van der Waals surface area contributed by atoms with Crippen molar-refractivity contribution in [2.24, 2.45) is 0 Å². The maximum Gasteiger partial charge on any atom is 0.429 e. The van der Waals surface area contributed by atoms with E-state index in [2.05, 4.69) is 40.5 Å². The van der Waals surface area contributed by atoms with Crippen LogP contribution >= 0.6 is 0 Å². The van der Waals surface area contributed by atoms with E-state index >= 15 is 0 Å². The highest BCUT2D eigenvalue weighted by Crippen LogP contribution is 2.20. The fourth-order valence-corrected chi connectivity index (χ4v) is 5.18. The van der Waals surface area contributed by atoms with Gasteiger partial charge in [-0.3, -0.25) is 4.90 Å². The van der Waals surface area contributed by atoms with Gasteiger partial charge in [0.25, 0.3) is 0 Å². The van der Waals surface area contributed by atoms with Gasteiger partial charge in [0.15, 0.2) is 0 Å². The van der Waals surface area contributed by atoms with Crippen LogP contribution in [0, 0.1) is 0 Å². The lowest BCUT2D eigenvalue weighted by Crippen LogP contribution is -2.52. The quantitative estimate of drug-likeness (QED) is 0.190. The Labute approximate surface area is 255 Å². The number of rotatable bonds is 10. The first-order valence-corrected chi connectivity index (χ1v) is 15.0. The number of anilines is 2. The van der Waals surface area contributed by atoms with Crippen molar-refractivity contribution in [2.75, 3.05) is 37.2 Å². The number of carbonyl (C=O) groups excluding carboxylic acids is 1. The number of nitrogen functional groups attached to an aromatic ring is 1. The van der Waals surface area contributed by atoms with Crippen molar-refractivity contribution in [1.29, 1.82) is 0 Å². The second-order valence-electron chi connectivity index (χ2n) is 12.1. The van der Waals surface area contributed by atoms with Crippen LogP contribution in [0.3, 0.4) is 0 Å². The van der Waals surface area contributed by atoms with Gasteiger partial charge >= 0.3 is 12.2 Å². The number of piperidine rings is 1. The number of nitrogens with zero attached hydrogens (tertiary/aromatic N) is 3. The van der Waals surface area contributed by atoms with Gasteiger partial charge in [0, 0.05) is 37.1 Å². The largest absolute Gasteiger partial charge is 0.464 e. The molecule has 0 atom stereocenters. The van der Waals surface area contributed by atoms with E-state index in [1.165, 1.54) is 10.6 Å². The van der Waals surface area contributed by atoms with E-state index in [0.717, 1.165) is 54.3 Å². The molecule has 3 aromatic rings. The third kappa shape index (κ3) is 10.2. The normalized spacial score (nSPS) is 14.2. The standard InChI is InChI=1S/C34H45N5O4/c1-34(2,3)43-33(42)39(24-18-26-9-13-29(35)14-10-26)38(32(40)41)23-17-27-11-15-30(16-12-27)36-31-19-21-37(22-20-31)25-28-7-5-4-6-8-28/h4-16,31,36H,17-25,35H2,1-3H3,(H,40,41). The summed E-state index contributed by atoms with van der Waals surface area (Å²) in [5, 5.41) is 16.0. The maximum absolute atomic E-state index is 13.1. The molecular weight excluding hydrogens is 542 g/mol. The third-order valence-corrected chi connectivity index (χ3v) is 7.48. The summed E-state index contributed by atoms with van der Waals surface area (Å²) in [5.74, 6) is 0. The molecule has 0 unspecified atom stereocenters. The van der Waals surface area contributed by atoms with E-state index in [9.17, 15) is 14.7 Å². The number of ether oxygens (including phenoxy) is 1. The predicted octanol–water partition coefficient (Wildman–Crippen LogP) is 6.26. The molecule has 1 heterocycles. The van der Waals surface area contributed by atoms with E-state index in [1.54, 1.807) is 32.9 Å². The number of likely N-dealkylation sites (tertiary alicyclic amines) is 1. The topological polar surface area (TPSA) is 111 Å². The van der Waals surface area contributed by atoms with Gasteiger partial charge in [0.1, 0.15) is 5.60 Å². The molecule has 0 aliphatic carbocycles. The van der Waals surface area contributed by atoms with Crippen LogP contribution in [-0.2, 0) is 24.1 Å². The second kappa shape index (κ2) is 14.8. The van der Waals surface area contributed by atoms with Gasteiger partial charge in [-0.25, -0.2) is 19.6 Å². The van der Waals surface area contributed by atoms with Crippen LogP contribution in [0.15, 0.2) is 78.9 Å². The van der Waals surface area contributed by atoms with Crippen LogP contribution in [0.4, 0.5) is 21.0 Å². The Balaban J connectivity index is 1.32. The van der Waals surface area contributed by atoms with Gasteiger partial charge in [-0.1, -0.05) is 54.6 Å². The highest BCUT2D eigenvalue weighted by molar-refractivity contribution is 5.73. The smallest absolute Gasteiger partial charge is 0.429 e. The molecule has 43 heavy (non-hydrogen) atoms. The molecular formula is C34H45N5O4. The minimum Gasteiger partial charge on any atom is -0.464 e. The summed E-state index contributed by atoms with van der Waals surface area (Å²) in [6.07, 6.45) is 1.16. The third-order valence-electron chi connectivity index (χ3n) is 7.48. The summed E-state index contributed by atoms with van der Waals surface area (Å²) in [6, 6.07) is 26.4. The molecule has 4 rings (SSSR count). The van der Waals surface area contributed by atoms with Gasteiger partial charge in [-0.15, -0.1) is 0 Å². The van der Waals surface area contributed by atoms with Crippen molar-refractivity contribution in [3.8, 4) is 0 Å². The monoisotopic (exact) mass is 587 g/mol. The zero-order valence-electron chi connectivity index (χ0n) is 25.5. The molecule has 0 spiro atoms. The Bertz CT molecular complexity index is 1300. The number of hydrogen-bond acceptors (Lipinski definition) is 6. The molecule has 4 N–H and O–H groups in total. The van der Waals surface area contributed by atoms with Crippen molar-refractivity contribution in [2.45, 2.75) is 64.6 Å². The molecule has 1 aliphatic heterocycles. The van der Waals surface area contributed by atoms with Crippen molar-refractivity contribution < 1.29 is 19.4 Å². The number of benzene rings is 3. The fourth-order valence-electron chi connectivity index (χ4n) is 5.18. The van der Waals surface area contributed by atoms with Crippen LogP contribution in [0.1, 0.15) is 50.3 Å². The summed E-state index contributed by atoms with van der Waals surface area (Å²) in [4.78, 5) is 27.9. The van der Waals surface area contributed by atoms with Crippen LogP contribution in [-0.4, -0.2) is 70.0 Å². The number of nitrogens with one attached hydrogen (secondary N) is 1. The molecule has 3 aromatic carbocycles. The lowest BCUT2D eigenvalue weighted by molar-refractivity contribution is -0.0400. The Kier molecular flexibility index (Phi) is 10.9. The molecule has 9 heteroatoms. The first-order chi connectivity index (χ1) is 20.6. The van der Waals surface area contributed by atoms with Gasteiger partial charge in [0.2, 0.25) is 0 Å². The Morgan fingerprint density at radius 1 is 0.860 bits per heavy atom. The zero-order chi connectivity index (χ0) is 30.8. The number of hydrogen-bond donors (Lipinski definition) is 3. The SMILES string of the molecule is CC(C)(C)OC(=O)N(CCc1ccc(N)cc1)N(CCc1ccc(NC2CCN(Cc3ccccc3)CC2)cc1)C(=O)O. The van der Waals surface area contributed by atoms with E-state index in [0.29, 0.717) is 24.6 Å². The average Bonchev–Trinajstić information content (AvgIpc) is 2.97. The number of amides is 2. The lowest BCUT2D eigenvalue weighted by atomic mass is 10.0. The molecule has 1 saturated heterocycles. The summed E-state index contributed by atoms with van der Waals surface area (Å²) in [5.41, 5.74) is 10.0. The van der Waals surface area contributed by atoms with Crippen LogP contribution in [0.5, 0.6) is 0 Å². The molecule has 230 valence electrons. The molecule has 0 radical (unpaired) electrons. The van der Waals surface area contributed by atoms with Gasteiger partial charge in [0.05, 0.1) is 13.1 Å². The molecule has 0 saturated carbocycles. The number of carbonyl (C=O) groups is 2. The van der Waals surface area contributed by atoms with Crippen LogP contribution < -0.4 is 11.1 Å². The Hall–Kier alpha value is -4.24. The Morgan fingerprint density at radius 2 is 1.42 bits per heavy atom. The molecule has 1 fully saturated rings. The molecule has 1 aliphatic rings. The summed E-state index contributed by atoms with van der Waals surface area (Å²) in [6.45, 7) is 8.65. The zero-order valence-corrected chi connectivity index (χ0v) is 25.5. The van der Waals surface area contributed by atoms with E-state index in [1.807, 2.05) is 36.4 Å². The highest BCUT2D eigenvalue weighted by Gasteiger charge is 2.30. The second-order valence-corrected chi connectivity index (χ2v) is 12.1. The summed E-state index contributed by atoms with van der Waals surface area (Å²) >= 11 is 0. The van der Waals surface area contributed by atoms with Crippen molar-refractivity contribution >= 4 is 23.6 Å². The van der Waals surface area contributed by atoms with Crippen LogP contribution in [0.2, 0.25) is 0 Å². The summed E-state index contributed by atoms with van der Waals surface area (Å²) < 4.78 is 5.57. The predicted molar refractivity (Wildman–Crippen MR) is 171 cm³/mol. The first-order valence-electron chi connectivity index (χ1n) is 15.0. The van der Waals surface area contributed by atoms with Gasteiger partial charge < -0.3 is 20.9 Å². The minimum atomic E-state index is -1.21. The van der Waals surface area contributed by atoms with Crippen LogP contribution in [0.25, 0.3) is 0 Å². The highest BCUT2D eigenvalue weighted by atomic mass is 16.6. The van der Waals surface area contributed by atoms with Crippen molar-refractivity contribution in [3.63, 3.8) is 0 Å². The fraction of sp³-hybridized carbons (Fsp3) is 0.412. The molecule has 0 bridgehead atoms. The van der Waals surface area contributed by atoms with Crippen molar-refractivity contribution in [1.82, 2.24) is 14.9 Å². The van der Waals surface area contributed by atoms with E-state index in [-0.39, 0.29) is 13.1 Å². The maximum atomic E-state index is 13.1. The lowest BCUT2D eigenvalue weighted by Gasteiger charge is -2.34. The minimum absolute atomic E-state index is 0.114. The van der Waals surface area contributed by atoms with E-state index in [4.69, 9.17) is 10.5 Å². The van der Waals surface area contributed by atoms with Gasteiger partial charge in [-0.05, 0) is 87.4 Å². The summed E-state index contributed by atoms with van der Waals surface area (Å²) in [7, 11) is 0. The molecule has 0 aromatic heterocycles. The molecule has 9 nitrogen and oxygen atoms in total. The van der Waals surface area contributed by atoms with Crippen molar-refractivity contribution in [3.05, 3.63) is 95.6 Å². The number of carboxylic acid groups (broad SMARTS) is 1. The first kappa shape index (κ1) is 31.7. The number of hydrazine groups is 1. The molecule has 2 amide bonds. The van der Waals surface area contributed by atoms with Gasteiger partial charge in [-0.2, -0.15) is 0 Å². The van der Waals surface area contributed by atoms with E-state index < -0.39 is 17.8 Å². The average molecular weight is 588 g/mol.